The van der Waals surface area contributed by atoms with E-state index in [9.17, 15) is 14.4 Å². The summed E-state index contributed by atoms with van der Waals surface area (Å²) in [6.07, 6.45) is 1.84. The molecular formula is C25H29NO4S. The maximum absolute atomic E-state index is 12.7. The van der Waals surface area contributed by atoms with E-state index in [1.54, 1.807) is 6.08 Å². The van der Waals surface area contributed by atoms with Gasteiger partial charge in [0.2, 0.25) is 5.91 Å². The average molecular weight is 440 g/mol. The molecule has 0 aliphatic carbocycles. The highest BCUT2D eigenvalue weighted by atomic mass is 32.2. The van der Waals surface area contributed by atoms with Crippen molar-refractivity contribution in [2.24, 2.45) is 5.41 Å². The Hall–Kier alpha value is -2.86. The lowest BCUT2D eigenvalue weighted by Gasteiger charge is -2.16. The molecule has 0 saturated carbocycles. The highest BCUT2D eigenvalue weighted by Crippen LogP contribution is 2.25. The van der Waals surface area contributed by atoms with E-state index in [-0.39, 0.29) is 42.3 Å². The zero-order valence-electron chi connectivity index (χ0n) is 18.2. The molecule has 1 N–H and O–H groups in total. The highest BCUT2D eigenvalue weighted by Gasteiger charge is 2.23. The zero-order valence-corrected chi connectivity index (χ0v) is 19.0. The van der Waals surface area contributed by atoms with Crippen LogP contribution in [0.5, 0.6) is 0 Å². The molecule has 0 saturated heterocycles. The molecular weight excluding hydrogens is 410 g/mol. The minimum atomic E-state index is -0.485. The standard InChI is InChI=1S/C25H29NO4S/c1-25(2,3)24(29)31-18-21(16-19-10-6-4-7-11-19)23(28)26-15-14-22(27)30-17-20-12-8-5-9-13-20/h4-13,16H,14-15,17-18H2,1-3H3,(H,26,28). The molecule has 31 heavy (non-hydrogen) atoms. The third kappa shape index (κ3) is 9.22. The molecule has 0 radical (unpaired) electrons. The molecule has 164 valence electrons. The lowest BCUT2D eigenvalue weighted by molar-refractivity contribution is -0.144. The molecule has 0 unspecified atom stereocenters. The molecule has 0 aliphatic heterocycles. The van der Waals surface area contributed by atoms with Gasteiger partial charge in [0.05, 0.1) is 6.42 Å². The molecule has 1 amide bonds. The minimum Gasteiger partial charge on any atom is -0.461 e. The highest BCUT2D eigenvalue weighted by molar-refractivity contribution is 8.13. The smallest absolute Gasteiger partial charge is 0.307 e. The molecule has 0 aliphatic rings. The van der Waals surface area contributed by atoms with E-state index in [0.717, 1.165) is 22.9 Å². The second-order valence-electron chi connectivity index (χ2n) is 8.06. The number of carbonyl (C=O) groups is 3. The molecule has 5 nitrogen and oxygen atoms in total. The molecule has 0 aromatic heterocycles. The maximum atomic E-state index is 12.7. The lowest BCUT2D eigenvalue weighted by Crippen LogP contribution is -2.29. The monoisotopic (exact) mass is 439 g/mol. The van der Waals surface area contributed by atoms with Gasteiger partial charge >= 0.3 is 5.97 Å². The third-order valence-corrected chi connectivity index (χ3v) is 5.59. The summed E-state index contributed by atoms with van der Waals surface area (Å²) in [5.74, 6) is -0.418. The van der Waals surface area contributed by atoms with Crippen LogP contribution < -0.4 is 5.32 Å². The van der Waals surface area contributed by atoms with Crippen LogP contribution in [0, 0.1) is 5.41 Å². The predicted octanol–water partition coefficient (Wildman–Crippen LogP) is 4.63. The first-order valence-electron chi connectivity index (χ1n) is 10.2. The first-order valence-corrected chi connectivity index (χ1v) is 11.1. The first kappa shape index (κ1) is 24.4. The average Bonchev–Trinajstić information content (AvgIpc) is 2.75. The largest absolute Gasteiger partial charge is 0.461 e. The van der Waals surface area contributed by atoms with Crippen LogP contribution in [0.4, 0.5) is 0 Å². The Morgan fingerprint density at radius 3 is 2.19 bits per heavy atom. The van der Waals surface area contributed by atoms with E-state index in [1.807, 2.05) is 81.4 Å². The quantitative estimate of drug-likeness (QED) is 0.456. The van der Waals surface area contributed by atoms with E-state index in [4.69, 9.17) is 4.74 Å². The van der Waals surface area contributed by atoms with Gasteiger partial charge in [0, 0.05) is 23.3 Å². The summed E-state index contributed by atoms with van der Waals surface area (Å²) in [5.41, 5.74) is 1.78. The van der Waals surface area contributed by atoms with Crippen LogP contribution in [0.15, 0.2) is 66.2 Å². The van der Waals surface area contributed by atoms with E-state index >= 15 is 0 Å². The minimum absolute atomic E-state index is 0.0174. The van der Waals surface area contributed by atoms with Crippen LogP contribution in [-0.2, 0) is 25.7 Å². The Bertz CT molecular complexity index is 902. The van der Waals surface area contributed by atoms with Gasteiger partial charge in [-0.25, -0.2) is 0 Å². The van der Waals surface area contributed by atoms with Crippen LogP contribution in [-0.4, -0.2) is 29.3 Å². The third-order valence-electron chi connectivity index (χ3n) is 4.26. The van der Waals surface area contributed by atoms with Gasteiger partial charge in [0.15, 0.2) is 5.12 Å². The number of hydrogen-bond acceptors (Lipinski definition) is 5. The SMILES string of the molecule is CC(C)(C)C(=O)SCC(=Cc1ccccc1)C(=O)NCCC(=O)OCc1ccccc1. The van der Waals surface area contributed by atoms with E-state index in [0.29, 0.717) is 5.57 Å². The first-order chi connectivity index (χ1) is 14.8. The molecule has 2 rings (SSSR count). The van der Waals surface area contributed by atoms with Gasteiger partial charge in [-0.1, -0.05) is 93.2 Å². The van der Waals surface area contributed by atoms with Gasteiger partial charge in [-0.3, -0.25) is 14.4 Å². The van der Waals surface area contributed by atoms with Crippen LogP contribution >= 0.6 is 11.8 Å². The number of amides is 1. The summed E-state index contributed by atoms with van der Waals surface area (Å²) in [6, 6.07) is 18.9. The van der Waals surface area contributed by atoms with Crippen molar-refractivity contribution < 1.29 is 19.1 Å². The molecule has 2 aromatic carbocycles. The Balaban J connectivity index is 1.90. The Labute approximate surface area is 188 Å². The van der Waals surface area contributed by atoms with Crippen molar-refractivity contribution in [3.63, 3.8) is 0 Å². The van der Waals surface area contributed by atoms with Crippen molar-refractivity contribution in [1.29, 1.82) is 0 Å². The van der Waals surface area contributed by atoms with Crippen molar-refractivity contribution >= 4 is 34.8 Å². The van der Waals surface area contributed by atoms with Crippen molar-refractivity contribution in [1.82, 2.24) is 5.32 Å². The molecule has 0 bridgehead atoms. The molecule has 2 aromatic rings. The number of hydrogen-bond donors (Lipinski definition) is 1. The van der Waals surface area contributed by atoms with Gasteiger partial charge in [-0.2, -0.15) is 0 Å². The summed E-state index contributed by atoms with van der Waals surface area (Å²) in [7, 11) is 0. The van der Waals surface area contributed by atoms with Gasteiger partial charge in [0.1, 0.15) is 6.61 Å². The van der Waals surface area contributed by atoms with Gasteiger partial charge in [-0.15, -0.1) is 0 Å². The summed E-state index contributed by atoms with van der Waals surface area (Å²) in [5, 5.41) is 2.78. The Morgan fingerprint density at radius 2 is 1.58 bits per heavy atom. The molecule has 0 spiro atoms. The zero-order chi connectivity index (χ0) is 22.7. The van der Waals surface area contributed by atoms with Crippen molar-refractivity contribution in [2.45, 2.75) is 33.8 Å². The van der Waals surface area contributed by atoms with Crippen molar-refractivity contribution in [3.8, 4) is 0 Å². The number of esters is 1. The fourth-order valence-corrected chi connectivity index (χ4v) is 3.42. The summed E-state index contributed by atoms with van der Waals surface area (Å²) >= 11 is 1.12. The number of ether oxygens (including phenoxy) is 1. The molecule has 0 fully saturated rings. The van der Waals surface area contributed by atoms with E-state index in [1.165, 1.54) is 0 Å². The van der Waals surface area contributed by atoms with Crippen LogP contribution in [0.25, 0.3) is 6.08 Å². The van der Waals surface area contributed by atoms with Gasteiger partial charge in [0.25, 0.3) is 0 Å². The maximum Gasteiger partial charge on any atom is 0.307 e. The van der Waals surface area contributed by atoms with Crippen LogP contribution in [0.2, 0.25) is 0 Å². The second-order valence-corrected chi connectivity index (χ2v) is 9.01. The fraction of sp³-hybridized carbons (Fsp3) is 0.320. The number of nitrogens with one attached hydrogen (secondary N) is 1. The number of carbonyl (C=O) groups excluding carboxylic acids is 3. The van der Waals surface area contributed by atoms with Crippen molar-refractivity contribution in [3.05, 3.63) is 77.4 Å². The summed E-state index contributed by atoms with van der Waals surface area (Å²) in [4.78, 5) is 36.9. The summed E-state index contributed by atoms with van der Waals surface area (Å²) in [6.45, 7) is 5.92. The van der Waals surface area contributed by atoms with E-state index in [2.05, 4.69) is 5.32 Å². The lowest BCUT2D eigenvalue weighted by atomic mass is 10.00. The number of thioether (sulfide) groups is 1. The second kappa shape index (κ2) is 12.1. The van der Waals surface area contributed by atoms with E-state index < -0.39 is 5.41 Å². The van der Waals surface area contributed by atoms with Crippen LogP contribution in [0.1, 0.15) is 38.3 Å². The molecule has 0 atom stereocenters. The normalized spacial score (nSPS) is 11.6. The molecule has 6 heteroatoms. The fourth-order valence-electron chi connectivity index (χ4n) is 2.48. The Morgan fingerprint density at radius 1 is 0.968 bits per heavy atom. The number of rotatable bonds is 9. The predicted molar refractivity (Wildman–Crippen MR) is 125 cm³/mol. The summed E-state index contributed by atoms with van der Waals surface area (Å²) < 4.78 is 5.23. The number of benzene rings is 2. The van der Waals surface area contributed by atoms with Gasteiger partial charge < -0.3 is 10.1 Å². The van der Waals surface area contributed by atoms with Crippen LogP contribution in [0.3, 0.4) is 0 Å². The Kier molecular flexibility index (Phi) is 9.53. The van der Waals surface area contributed by atoms with Gasteiger partial charge in [-0.05, 0) is 17.2 Å². The van der Waals surface area contributed by atoms with Crippen molar-refractivity contribution in [2.75, 3.05) is 12.3 Å². The topological polar surface area (TPSA) is 72.5 Å². The molecule has 0 heterocycles.